The first-order chi connectivity index (χ1) is 9.49. The Labute approximate surface area is 126 Å². The molecule has 0 radical (unpaired) electrons. The van der Waals surface area contributed by atoms with Crippen LogP contribution in [0.3, 0.4) is 0 Å². The second-order valence-corrected chi connectivity index (χ2v) is 5.51. The summed E-state index contributed by atoms with van der Waals surface area (Å²) in [6.45, 7) is 1.81. The molecule has 0 bridgehead atoms. The van der Waals surface area contributed by atoms with Gasteiger partial charge in [-0.25, -0.2) is 0 Å². The molecule has 5 heteroatoms. The van der Waals surface area contributed by atoms with Crippen LogP contribution in [0, 0.1) is 6.92 Å². The number of hydrogen-bond donors (Lipinski definition) is 1. The van der Waals surface area contributed by atoms with E-state index in [1.165, 1.54) is 0 Å². The number of benzene rings is 2. The first-order valence-electron chi connectivity index (χ1n) is 6.08. The maximum Gasteiger partial charge on any atom is 0.236 e. The maximum atomic E-state index is 12.2. The van der Waals surface area contributed by atoms with Gasteiger partial charge in [-0.15, -0.1) is 0 Å². The Hall–Kier alpha value is -1.71. The van der Waals surface area contributed by atoms with Gasteiger partial charge < -0.3 is 5.11 Å². The van der Waals surface area contributed by atoms with Crippen molar-refractivity contribution >= 4 is 40.5 Å². The van der Waals surface area contributed by atoms with Crippen LogP contribution >= 0.6 is 23.2 Å². The molecule has 0 saturated heterocycles. The fourth-order valence-corrected chi connectivity index (χ4v) is 2.85. The van der Waals surface area contributed by atoms with E-state index in [0.717, 1.165) is 16.8 Å². The summed E-state index contributed by atoms with van der Waals surface area (Å²) >= 11 is 12.3. The molecular formula is C15H11Cl2NO2. The van der Waals surface area contributed by atoms with Crippen molar-refractivity contribution in [2.75, 3.05) is 4.90 Å². The van der Waals surface area contributed by atoms with Crippen molar-refractivity contribution in [1.82, 2.24) is 0 Å². The zero-order valence-corrected chi connectivity index (χ0v) is 12.2. The molecule has 0 aliphatic carbocycles. The van der Waals surface area contributed by atoms with Crippen LogP contribution in [0.2, 0.25) is 10.0 Å². The minimum absolute atomic E-state index is 0.0748. The molecule has 20 heavy (non-hydrogen) atoms. The highest BCUT2D eigenvalue weighted by Gasteiger charge is 2.30. The van der Waals surface area contributed by atoms with Gasteiger partial charge in [-0.05, 0) is 48.4 Å². The molecule has 0 fully saturated rings. The van der Waals surface area contributed by atoms with Crippen molar-refractivity contribution in [3.63, 3.8) is 0 Å². The number of rotatable bonds is 1. The van der Waals surface area contributed by atoms with Crippen LogP contribution in [0.25, 0.3) is 0 Å². The van der Waals surface area contributed by atoms with Gasteiger partial charge in [0.15, 0.2) is 0 Å². The fourth-order valence-electron chi connectivity index (χ4n) is 2.39. The molecule has 0 spiro atoms. The second-order valence-electron chi connectivity index (χ2n) is 4.72. The molecular weight excluding hydrogens is 297 g/mol. The van der Waals surface area contributed by atoms with Gasteiger partial charge in [0.25, 0.3) is 0 Å². The molecule has 1 N–H and O–H groups in total. The Bertz CT molecular complexity index is 728. The highest BCUT2D eigenvalue weighted by molar-refractivity contribution is 6.38. The number of halogens is 2. The highest BCUT2D eigenvalue weighted by Crippen LogP contribution is 2.42. The van der Waals surface area contributed by atoms with E-state index >= 15 is 0 Å². The molecule has 0 atom stereocenters. The third kappa shape index (κ3) is 1.94. The highest BCUT2D eigenvalue weighted by atomic mass is 35.5. The summed E-state index contributed by atoms with van der Waals surface area (Å²) in [6, 6.07) is 8.34. The monoisotopic (exact) mass is 307 g/mol. The largest absolute Gasteiger partial charge is 0.508 e. The number of carbonyl (C=O) groups is 1. The van der Waals surface area contributed by atoms with Gasteiger partial charge >= 0.3 is 0 Å². The van der Waals surface area contributed by atoms with Crippen LogP contribution in [-0.4, -0.2) is 11.0 Å². The van der Waals surface area contributed by atoms with Crippen LogP contribution in [0.4, 0.5) is 11.4 Å². The van der Waals surface area contributed by atoms with Crippen molar-refractivity contribution in [1.29, 1.82) is 0 Å². The Balaban J connectivity index is 2.17. The Morgan fingerprint density at radius 1 is 1.15 bits per heavy atom. The van der Waals surface area contributed by atoms with Gasteiger partial charge in [0, 0.05) is 5.02 Å². The number of hydrogen-bond acceptors (Lipinski definition) is 2. The van der Waals surface area contributed by atoms with Crippen molar-refractivity contribution in [3.05, 3.63) is 51.5 Å². The second kappa shape index (κ2) is 4.69. The lowest BCUT2D eigenvalue weighted by Gasteiger charge is -2.20. The molecule has 0 unspecified atom stereocenters. The lowest BCUT2D eigenvalue weighted by atomic mass is 10.1. The van der Waals surface area contributed by atoms with Crippen LogP contribution in [-0.2, 0) is 11.2 Å². The lowest BCUT2D eigenvalue weighted by Crippen LogP contribution is -2.21. The molecule has 1 heterocycles. The smallest absolute Gasteiger partial charge is 0.236 e. The van der Waals surface area contributed by atoms with E-state index in [9.17, 15) is 9.90 Å². The van der Waals surface area contributed by atoms with Gasteiger partial charge in [-0.2, -0.15) is 0 Å². The van der Waals surface area contributed by atoms with Gasteiger partial charge in [0.1, 0.15) is 5.75 Å². The van der Waals surface area contributed by atoms with Crippen LogP contribution in [0.1, 0.15) is 11.1 Å². The number of amides is 1. The number of phenols is 1. The van der Waals surface area contributed by atoms with E-state index in [2.05, 4.69) is 0 Å². The van der Waals surface area contributed by atoms with E-state index < -0.39 is 0 Å². The molecule has 102 valence electrons. The quantitative estimate of drug-likeness (QED) is 0.856. The zero-order chi connectivity index (χ0) is 14.4. The van der Waals surface area contributed by atoms with Gasteiger partial charge in [-0.3, -0.25) is 9.69 Å². The molecule has 1 aliphatic heterocycles. The van der Waals surface area contributed by atoms with E-state index in [1.54, 1.807) is 35.2 Å². The molecule has 2 aromatic rings. The van der Waals surface area contributed by atoms with Crippen molar-refractivity contribution in [2.45, 2.75) is 13.3 Å². The molecule has 0 aromatic heterocycles. The van der Waals surface area contributed by atoms with Crippen molar-refractivity contribution < 1.29 is 9.90 Å². The Morgan fingerprint density at radius 2 is 1.85 bits per heavy atom. The van der Waals surface area contributed by atoms with Gasteiger partial charge in [-0.1, -0.05) is 23.2 Å². The van der Waals surface area contributed by atoms with E-state index in [0.29, 0.717) is 15.7 Å². The molecule has 0 saturated carbocycles. The maximum absolute atomic E-state index is 12.2. The molecule has 1 aliphatic rings. The number of nitrogens with zero attached hydrogens (tertiary/aromatic N) is 1. The number of aromatic hydroxyl groups is 1. The van der Waals surface area contributed by atoms with Gasteiger partial charge in [0.2, 0.25) is 5.91 Å². The zero-order valence-electron chi connectivity index (χ0n) is 10.7. The number of phenolic OH excluding ortho intramolecular Hbond substituents is 1. The molecule has 2 aromatic carbocycles. The summed E-state index contributed by atoms with van der Waals surface area (Å²) < 4.78 is 0. The minimum Gasteiger partial charge on any atom is -0.508 e. The van der Waals surface area contributed by atoms with Crippen LogP contribution in [0.15, 0.2) is 30.3 Å². The van der Waals surface area contributed by atoms with E-state index in [-0.39, 0.29) is 18.1 Å². The normalized spacial score (nSPS) is 13.8. The van der Waals surface area contributed by atoms with Crippen LogP contribution < -0.4 is 4.90 Å². The molecule has 3 rings (SSSR count). The third-order valence-corrected chi connectivity index (χ3v) is 4.32. The topological polar surface area (TPSA) is 40.5 Å². The first kappa shape index (κ1) is 13.3. The summed E-state index contributed by atoms with van der Waals surface area (Å²) in [5, 5.41) is 10.5. The Kier molecular flexibility index (Phi) is 3.11. The summed E-state index contributed by atoms with van der Waals surface area (Å²) in [7, 11) is 0. The summed E-state index contributed by atoms with van der Waals surface area (Å²) in [6.07, 6.45) is 0.252. The fraction of sp³-hybridized carbons (Fsp3) is 0.133. The predicted molar refractivity (Wildman–Crippen MR) is 80.2 cm³/mol. The van der Waals surface area contributed by atoms with Gasteiger partial charge in [0.05, 0.1) is 22.8 Å². The summed E-state index contributed by atoms with van der Waals surface area (Å²) in [4.78, 5) is 13.8. The SMILES string of the molecule is Cc1c(Cl)ccc(N2C(=O)Cc3cc(O)ccc32)c1Cl. The average molecular weight is 308 g/mol. The molecule has 3 nitrogen and oxygen atoms in total. The van der Waals surface area contributed by atoms with Crippen molar-refractivity contribution in [2.24, 2.45) is 0 Å². The standard InChI is InChI=1S/C15H11Cl2NO2/c1-8-11(16)3-5-13(15(8)17)18-12-4-2-10(19)6-9(12)7-14(18)20/h2-6,19H,7H2,1H3. The minimum atomic E-state index is -0.0748. The number of carbonyl (C=O) groups excluding carboxylic acids is 1. The van der Waals surface area contributed by atoms with Crippen molar-refractivity contribution in [3.8, 4) is 5.75 Å². The lowest BCUT2D eigenvalue weighted by molar-refractivity contribution is -0.116. The Morgan fingerprint density at radius 3 is 2.60 bits per heavy atom. The summed E-state index contributed by atoms with van der Waals surface area (Å²) in [5.74, 6) is 0.0750. The molecule has 1 amide bonds. The number of anilines is 2. The average Bonchev–Trinajstić information content (AvgIpc) is 2.72. The number of fused-ring (bicyclic) bond motifs is 1. The van der Waals surface area contributed by atoms with Crippen LogP contribution in [0.5, 0.6) is 5.75 Å². The summed E-state index contributed by atoms with van der Waals surface area (Å²) in [5.41, 5.74) is 2.89. The van der Waals surface area contributed by atoms with E-state index in [1.807, 2.05) is 6.92 Å². The first-order valence-corrected chi connectivity index (χ1v) is 6.84. The van der Waals surface area contributed by atoms with E-state index in [4.69, 9.17) is 23.2 Å². The third-order valence-electron chi connectivity index (χ3n) is 3.44. The predicted octanol–water partition coefficient (Wildman–Crippen LogP) is 4.23.